The minimum Gasteiger partial charge on any atom is -0.251 e. The van der Waals surface area contributed by atoms with E-state index >= 15 is 0 Å². The molecule has 0 N–H and O–H groups in total. The molecule has 1 aliphatic rings. The Hall–Kier alpha value is -1.70. The van der Waals surface area contributed by atoms with Gasteiger partial charge in [0.15, 0.2) is 0 Å². The van der Waals surface area contributed by atoms with Crippen molar-refractivity contribution in [2.45, 2.75) is 105 Å². The summed E-state index contributed by atoms with van der Waals surface area (Å²) in [5, 5.41) is 0. The van der Waals surface area contributed by atoms with Crippen molar-refractivity contribution in [2.75, 3.05) is 6.67 Å². The number of alkyl halides is 1. The van der Waals surface area contributed by atoms with Crippen molar-refractivity contribution in [3.63, 3.8) is 0 Å². The van der Waals surface area contributed by atoms with E-state index in [4.69, 9.17) is 0 Å². The number of allylic oxidation sites excluding steroid dienone is 6. The van der Waals surface area contributed by atoms with Crippen LogP contribution in [-0.2, 0) is 12.8 Å². The highest BCUT2D eigenvalue weighted by Crippen LogP contribution is 2.36. The first-order valence-corrected chi connectivity index (χ1v) is 14.2. The lowest BCUT2D eigenvalue weighted by molar-refractivity contribution is 0.240. The topological polar surface area (TPSA) is 0 Å². The van der Waals surface area contributed by atoms with Crippen LogP contribution in [0.3, 0.4) is 0 Å². The summed E-state index contributed by atoms with van der Waals surface area (Å²) >= 11 is 0. The van der Waals surface area contributed by atoms with Crippen LogP contribution in [0.25, 0.3) is 0 Å². The first kappa shape index (κ1) is 29.5. The zero-order chi connectivity index (χ0) is 25.6. The molecule has 1 aromatic rings. The highest BCUT2D eigenvalue weighted by Gasteiger charge is 2.23. The second kappa shape index (κ2) is 16.1. The lowest BCUT2D eigenvalue weighted by atomic mass is 9.75. The summed E-state index contributed by atoms with van der Waals surface area (Å²) < 4.78 is 27.1. The summed E-state index contributed by atoms with van der Waals surface area (Å²) in [6.07, 6.45) is 20.6. The van der Waals surface area contributed by atoms with Crippen LogP contribution < -0.4 is 0 Å². The molecule has 0 spiro atoms. The minimum absolute atomic E-state index is 0.0764. The number of hydrogen-bond acceptors (Lipinski definition) is 0. The Morgan fingerprint density at radius 1 is 1.00 bits per heavy atom. The molecule has 0 radical (unpaired) electrons. The van der Waals surface area contributed by atoms with Gasteiger partial charge in [-0.3, -0.25) is 4.39 Å². The van der Waals surface area contributed by atoms with E-state index in [1.165, 1.54) is 49.7 Å². The highest BCUT2D eigenvalue weighted by molar-refractivity contribution is 5.26. The van der Waals surface area contributed by atoms with E-state index in [2.05, 4.69) is 58.1 Å². The number of aryl methyl sites for hydroxylation is 2. The molecule has 1 aliphatic carbocycles. The third kappa shape index (κ3) is 10.8. The van der Waals surface area contributed by atoms with Crippen LogP contribution in [0.1, 0.15) is 104 Å². The normalized spacial score (nSPS) is 20.7. The molecule has 1 fully saturated rings. The maximum atomic E-state index is 14.7. The van der Waals surface area contributed by atoms with Crippen molar-refractivity contribution in [3.8, 4) is 0 Å². The molecular formula is C33H50F2. The van der Waals surface area contributed by atoms with E-state index in [1.807, 2.05) is 13.0 Å². The first-order valence-electron chi connectivity index (χ1n) is 14.2. The lowest BCUT2D eigenvalue weighted by Gasteiger charge is -2.30. The molecule has 0 bridgehead atoms. The van der Waals surface area contributed by atoms with Gasteiger partial charge in [-0.1, -0.05) is 88.5 Å². The maximum Gasteiger partial charge on any atom is 0.126 e. The quantitative estimate of drug-likeness (QED) is 0.182. The van der Waals surface area contributed by atoms with Gasteiger partial charge in [0.25, 0.3) is 0 Å². The number of halogens is 2. The summed E-state index contributed by atoms with van der Waals surface area (Å²) in [5.41, 5.74) is 4.63. The zero-order valence-corrected chi connectivity index (χ0v) is 23.1. The second-order valence-electron chi connectivity index (χ2n) is 11.1. The molecule has 1 saturated carbocycles. The van der Waals surface area contributed by atoms with Gasteiger partial charge in [-0.25, -0.2) is 4.39 Å². The second-order valence-corrected chi connectivity index (χ2v) is 11.1. The fourth-order valence-electron chi connectivity index (χ4n) is 5.68. The van der Waals surface area contributed by atoms with Gasteiger partial charge in [0.1, 0.15) is 5.82 Å². The lowest BCUT2D eigenvalue weighted by Crippen LogP contribution is -2.18. The van der Waals surface area contributed by atoms with Crippen LogP contribution >= 0.6 is 0 Å². The van der Waals surface area contributed by atoms with Crippen LogP contribution in [0, 0.1) is 29.5 Å². The van der Waals surface area contributed by atoms with Gasteiger partial charge in [-0.2, -0.15) is 0 Å². The summed E-state index contributed by atoms with van der Waals surface area (Å²) in [6, 6.07) is 5.84. The fraction of sp³-hybridized carbons (Fsp3) is 0.636. The van der Waals surface area contributed by atoms with Gasteiger partial charge >= 0.3 is 0 Å². The van der Waals surface area contributed by atoms with Crippen molar-refractivity contribution in [2.24, 2.45) is 23.7 Å². The van der Waals surface area contributed by atoms with Gasteiger partial charge < -0.3 is 0 Å². The van der Waals surface area contributed by atoms with Crippen molar-refractivity contribution in [1.82, 2.24) is 0 Å². The highest BCUT2D eigenvalue weighted by atomic mass is 19.1. The standard InChI is InChI=1S/C33H50F2/c1-6-9-32(22-25(3)4)26(5)23-29-14-11-28(12-15-29)13-16-30-18-20-31(33(35)24-30)19-17-27(7-2)10-8-21-34/h6-7,9,18,20,22,24-26,28-29H,8,10-17,19,21,23H2,1-5H3/b9-6-,27-7+,32-22+/t26-,28?,29?/m0/s1. The molecule has 2 heteroatoms. The molecule has 0 heterocycles. The SMILES string of the molecule is C/C=C\C(=C/C(C)C)[C@@H](C)CC1CCC(CCc2ccc(CC/C(=C/C)CCCF)c(F)c2)CC1. The van der Waals surface area contributed by atoms with E-state index < -0.39 is 0 Å². The summed E-state index contributed by atoms with van der Waals surface area (Å²) in [4.78, 5) is 0. The van der Waals surface area contributed by atoms with Crippen LogP contribution in [0.5, 0.6) is 0 Å². The predicted octanol–water partition coefficient (Wildman–Crippen LogP) is 10.4. The van der Waals surface area contributed by atoms with E-state index in [0.29, 0.717) is 24.7 Å². The third-order valence-corrected chi connectivity index (χ3v) is 7.82. The van der Waals surface area contributed by atoms with Crippen LogP contribution in [0.15, 0.2) is 53.6 Å². The summed E-state index contributed by atoms with van der Waals surface area (Å²) in [7, 11) is 0. The van der Waals surface area contributed by atoms with Gasteiger partial charge in [-0.05, 0) is 105 Å². The molecule has 0 nitrogen and oxygen atoms in total. The summed E-state index contributed by atoms with van der Waals surface area (Å²) in [5.74, 6) is 2.76. The molecule has 0 amide bonds. The monoisotopic (exact) mass is 484 g/mol. The van der Waals surface area contributed by atoms with Crippen LogP contribution in [0.4, 0.5) is 8.78 Å². The average Bonchev–Trinajstić information content (AvgIpc) is 2.84. The van der Waals surface area contributed by atoms with Crippen LogP contribution in [0.2, 0.25) is 0 Å². The van der Waals surface area contributed by atoms with Crippen molar-refractivity contribution in [1.29, 1.82) is 0 Å². The molecule has 0 aromatic heterocycles. The van der Waals surface area contributed by atoms with Crippen molar-refractivity contribution >= 4 is 0 Å². The first-order chi connectivity index (χ1) is 16.9. The predicted molar refractivity (Wildman–Crippen MR) is 149 cm³/mol. The van der Waals surface area contributed by atoms with E-state index in [0.717, 1.165) is 42.2 Å². The Labute approximate surface area is 215 Å². The van der Waals surface area contributed by atoms with E-state index in [1.54, 1.807) is 6.07 Å². The molecule has 1 atom stereocenters. The Morgan fingerprint density at radius 3 is 2.31 bits per heavy atom. The molecule has 35 heavy (non-hydrogen) atoms. The maximum absolute atomic E-state index is 14.7. The van der Waals surface area contributed by atoms with Crippen molar-refractivity contribution in [3.05, 3.63) is 70.6 Å². The van der Waals surface area contributed by atoms with Gasteiger partial charge in [-0.15, -0.1) is 0 Å². The molecular weight excluding hydrogens is 434 g/mol. The van der Waals surface area contributed by atoms with E-state index in [-0.39, 0.29) is 12.5 Å². The molecule has 0 aliphatic heterocycles. The van der Waals surface area contributed by atoms with Crippen molar-refractivity contribution < 1.29 is 8.78 Å². The number of rotatable bonds is 14. The Morgan fingerprint density at radius 2 is 1.71 bits per heavy atom. The number of benzene rings is 1. The molecule has 2 rings (SSSR count). The average molecular weight is 485 g/mol. The van der Waals surface area contributed by atoms with Gasteiger partial charge in [0.05, 0.1) is 6.67 Å². The summed E-state index contributed by atoms with van der Waals surface area (Å²) in [6.45, 7) is 10.7. The van der Waals surface area contributed by atoms with Gasteiger partial charge in [0.2, 0.25) is 0 Å². The molecule has 1 aromatic carbocycles. The van der Waals surface area contributed by atoms with E-state index in [9.17, 15) is 8.78 Å². The molecule has 0 saturated heterocycles. The Kier molecular flexibility index (Phi) is 13.6. The molecule has 196 valence electrons. The third-order valence-electron chi connectivity index (χ3n) is 7.82. The number of hydrogen-bond donors (Lipinski definition) is 0. The fourth-order valence-corrected chi connectivity index (χ4v) is 5.68. The zero-order valence-electron chi connectivity index (χ0n) is 23.1. The Bertz CT molecular complexity index is 822. The largest absolute Gasteiger partial charge is 0.251 e. The smallest absolute Gasteiger partial charge is 0.126 e. The van der Waals surface area contributed by atoms with Gasteiger partial charge in [0, 0.05) is 0 Å². The minimum atomic E-state index is -0.283. The molecule has 0 unspecified atom stereocenters. The Balaban J connectivity index is 1.77. The van der Waals surface area contributed by atoms with Crippen LogP contribution in [-0.4, -0.2) is 6.67 Å².